The number of hydrogen-bond acceptors (Lipinski definition) is 4. The van der Waals surface area contributed by atoms with Gasteiger partial charge in [-0.05, 0) is 37.1 Å². The fourth-order valence-corrected chi connectivity index (χ4v) is 5.26. The van der Waals surface area contributed by atoms with Crippen LogP contribution < -0.4 is 0 Å². The van der Waals surface area contributed by atoms with Gasteiger partial charge in [0.15, 0.2) is 0 Å². The SMILES string of the molecule is O=C(c1ccccc1)c1ccc2n1CCC2C(=O)O.O=C(c1ccccc1)c1ccc2n1CCC2C(=O)O. The van der Waals surface area contributed by atoms with E-state index in [1.807, 2.05) is 45.5 Å². The highest BCUT2D eigenvalue weighted by Crippen LogP contribution is 2.32. The first kappa shape index (κ1) is 25.0. The van der Waals surface area contributed by atoms with E-state index >= 15 is 0 Å². The van der Waals surface area contributed by atoms with Crippen molar-refractivity contribution < 1.29 is 29.4 Å². The van der Waals surface area contributed by atoms with Gasteiger partial charge in [0.05, 0.1) is 23.2 Å². The second kappa shape index (κ2) is 10.3. The Morgan fingerprint density at radius 1 is 0.553 bits per heavy atom. The highest BCUT2D eigenvalue weighted by Gasteiger charge is 2.32. The Labute approximate surface area is 218 Å². The largest absolute Gasteiger partial charge is 0.481 e. The van der Waals surface area contributed by atoms with E-state index in [2.05, 4.69) is 0 Å². The average molecular weight is 511 g/mol. The monoisotopic (exact) mass is 510 g/mol. The summed E-state index contributed by atoms with van der Waals surface area (Å²) in [5, 5.41) is 18.3. The lowest BCUT2D eigenvalue weighted by Crippen LogP contribution is -2.09. The second-order valence-electron chi connectivity index (χ2n) is 9.34. The molecule has 0 bridgehead atoms. The molecule has 0 fully saturated rings. The van der Waals surface area contributed by atoms with E-state index in [0.29, 0.717) is 48.4 Å². The summed E-state index contributed by atoms with van der Waals surface area (Å²) in [6.07, 6.45) is 1.11. The summed E-state index contributed by atoms with van der Waals surface area (Å²) in [6.45, 7) is 1.18. The van der Waals surface area contributed by atoms with E-state index in [-0.39, 0.29) is 11.6 Å². The number of fused-ring (bicyclic) bond motifs is 2. The normalized spacial score (nSPS) is 17.2. The minimum atomic E-state index is -0.824. The van der Waals surface area contributed by atoms with Gasteiger partial charge in [0.1, 0.15) is 0 Å². The van der Waals surface area contributed by atoms with Crippen LogP contribution in [0.2, 0.25) is 0 Å². The molecule has 2 aromatic carbocycles. The van der Waals surface area contributed by atoms with Crippen molar-refractivity contribution in [1.82, 2.24) is 9.13 Å². The smallest absolute Gasteiger partial charge is 0.312 e. The Bertz CT molecular complexity index is 1400. The lowest BCUT2D eigenvalue weighted by molar-refractivity contribution is -0.139. The molecule has 8 nitrogen and oxygen atoms in total. The molecule has 4 aromatic rings. The molecule has 4 heterocycles. The molecule has 0 aliphatic carbocycles. The van der Waals surface area contributed by atoms with Gasteiger partial charge in [-0.25, -0.2) is 0 Å². The highest BCUT2D eigenvalue weighted by atomic mass is 16.4. The second-order valence-corrected chi connectivity index (χ2v) is 9.34. The van der Waals surface area contributed by atoms with Crippen LogP contribution >= 0.6 is 0 Å². The number of rotatable bonds is 6. The fraction of sp³-hybridized carbons (Fsp3) is 0.200. The summed E-state index contributed by atoms with van der Waals surface area (Å²) in [6, 6.07) is 25.0. The zero-order chi connectivity index (χ0) is 26.8. The van der Waals surface area contributed by atoms with Gasteiger partial charge in [-0.1, -0.05) is 60.7 Å². The van der Waals surface area contributed by atoms with Crippen molar-refractivity contribution in [2.24, 2.45) is 0 Å². The molecule has 8 heteroatoms. The predicted molar refractivity (Wildman–Crippen MR) is 139 cm³/mol. The average Bonchev–Trinajstić information content (AvgIpc) is 3.70. The van der Waals surface area contributed by atoms with Crippen LogP contribution in [0, 0.1) is 0 Å². The number of carbonyl (C=O) groups excluding carboxylic acids is 2. The van der Waals surface area contributed by atoms with E-state index in [1.165, 1.54) is 0 Å². The molecule has 2 aromatic heterocycles. The van der Waals surface area contributed by atoms with Crippen molar-refractivity contribution in [1.29, 1.82) is 0 Å². The maximum absolute atomic E-state index is 12.4. The number of carboxylic acids is 2. The minimum absolute atomic E-state index is 0.0575. The Morgan fingerprint density at radius 2 is 0.921 bits per heavy atom. The Hall–Kier alpha value is -4.72. The molecule has 2 aliphatic rings. The van der Waals surface area contributed by atoms with Gasteiger partial charge in [-0.3, -0.25) is 19.2 Å². The molecule has 192 valence electrons. The number of ketones is 2. The molecule has 2 atom stereocenters. The third-order valence-corrected chi connectivity index (χ3v) is 7.16. The minimum Gasteiger partial charge on any atom is -0.481 e. The van der Waals surface area contributed by atoms with Crippen LogP contribution in [0.5, 0.6) is 0 Å². The molecule has 6 rings (SSSR count). The standard InChI is InChI=1S/2C15H13NO3/c2*17-14(10-4-2-1-3-5-10)13-7-6-12-11(15(18)19)8-9-16(12)13/h2*1-7,11H,8-9H2,(H,18,19). The molecule has 2 N–H and O–H groups in total. The summed E-state index contributed by atoms with van der Waals surface area (Å²) < 4.78 is 3.66. The zero-order valence-corrected chi connectivity index (χ0v) is 20.5. The summed E-state index contributed by atoms with van der Waals surface area (Å²) in [7, 11) is 0. The number of aliphatic carboxylic acids is 2. The van der Waals surface area contributed by atoms with Gasteiger partial charge >= 0.3 is 11.9 Å². The molecule has 2 unspecified atom stereocenters. The van der Waals surface area contributed by atoms with Crippen LogP contribution in [0.25, 0.3) is 0 Å². The van der Waals surface area contributed by atoms with E-state index in [0.717, 1.165) is 11.4 Å². The van der Waals surface area contributed by atoms with E-state index in [9.17, 15) is 19.2 Å². The van der Waals surface area contributed by atoms with Crippen LogP contribution in [0.1, 0.15) is 68.2 Å². The highest BCUT2D eigenvalue weighted by molar-refractivity contribution is 6.08. The Kier molecular flexibility index (Phi) is 6.79. The van der Waals surface area contributed by atoms with Crippen molar-refractivity contribution in [3.05, 3.63) is 119 Å². The number of hydrogen-bond donors (Lipinski definition) is 2. The number of nitrogens with zero attached hydrogens (tertiary/aromatic N) is 2. The Morgan fingerprint density at radius 3 is 1.26 bits per heavy atom. The lowest BCUT2D eigenvalue weighted by Gasteiger charge is -2.05. The molecular formula is C30H26N2O6. The fourth-order valence-electron chi connectivity index (χ4n) is 5.26. The van der Waals surface area contributed by atoms with Crippen molar-refractivity contribution >= 4 is 23.5 Å². The first-order valence-electron chi connectivity index (χ1n) is 12.4. The van der Waals surface area contributed by atoms with Crippen LogP contribution in [-0.4, -0.2) is 42.9 Å². The van der Waals surface area contributed by atoms with Crippen molar-refractivity contribution in [2.45, 2.75) is 37.8 Å². The lowest BCUT2D eigenvalue weighted by atomic mass is 10.1. The molecule has 0 amide bonds. The van der Waals surface area contributed by atoms with Gasteiger partial charge in [0, 0.05) is 35.6 Å². The number of benzene rings is 2. The number of carboxylic acid groups (broad SMARTS) is 2. The summed E-state index contributed by atoms with van der Waals surface area (Å²) in [5.41, 5.74) is 3.86. The first-order chi connectivity index (χ1) is 18.4. The third-order valence-electron chi connectivity index (χ3n) is 7.16. The van der Waals surface area contributed by atoms with E-state index < -0.39 is 23.8 Å². The topological polar surface area (TPSA) is 119 Å². The van der Waals surface area contributed by atoms with E-state index in [4.69, 9.17) is 10.2 Å². The quantitative estimate of drug-likeness (QED) is 0.367. The van der Waals surface area contributed by atoms with Gasteiger partial charge in [0.2, 0.25) is 11.6 Å². The molecule has 38 heavy (non-hydrogen) atoms. The number of aromatic nitrogens is 2. The van der Waals surface area contributed by atoms with Crippen molar-refractivity contribution in [3.63, 3.8) is 0 Å². The maximum Gasteiger partial charge on any atom is 0.312 e. The van der Waals surface area contributed by atoms with Gasteiger partial charge in [0.25, 0.3) is 0 Å². The van der Waals surface area contributed by atoms with Gasteiger partial charge in [-0.15, -0.1) is 0 Å². The molecule has 0 spiro atoms. The van der Waals surface area contributed by atoms with Crippen LogP contribution in [0.15, 0.2) is 84.9 Å². The number of carbonyl (C=O) groups is 4. The zero-order valence-electron chi connectivity index (χ0n) is 20.5. The van der Waals surface area contributed by atoms with Crippen LogP contribution in [-0.2, 0) is 22.7 Å². The van der Waals surface area contributed by atoms with E-state index in [1.54, 1.807) is 48.5 Å². The molecule has 0 saturated heterocycles. The van der Waals surface area contributed by atoms with Crippen LogP contribution in [0.3, 0.4) is 0 Å². The van der Waals surface area contributed by atoms with Gasteiger partial charge < -0.3 is 19.3 Å². The van der Waals surface area contributed by atoms with Crippen molar-refractivity contribution in [3.8, 4) is 0 Å². The molecule has 2 aliphatic heterocycles. The molecular weight excluding hydrogens is 484 g/mol. The molecule has 0 radical (unpaired) electrons. The summed E-state index contributed by atoms with van der Waals surface area (Å²) in [5.74, 6) is -2.74. The maximum atomic E-state index is 12.4. The van der Waals surface area contributed by atoms with Crippen LogP contribution in [0.4, 0.5) is 0 Å². The predicted octanol–water partition coefficient (Wildman–Crippen LogP) is 4.58. The first-order valence-corrected chi connectivity index (χ1v) is 12.4. The third kappa shape index (κ3) is 4.56. The summed E-state index contributed by atoms with van der Waals surface area (Å²) in [4.78, 5) is 47.0. The van der Waals surface area contributed by atoms with Crippen molar-refractivity contribution in [2.75, 3.05) is 0 Å². The van der Waals surface area contributed by atoms with Gasteiger partial charge in [-0.2, -0.15) is 0 Å². The Balaban J connectivity index is 0.000000155. The molecule has 0 saturated carbocycles. The summed E-state index contributed by atoms with van der Waals surface area (Å²) >= 11 is 0.